The van der Waals surface area contributed by atoms with Gasteiger partial charge < -0.3 is 5.73 Å². The van der Waals surface area contributed by atoms with Gasteiger partial charge in [-0.2, -0.15) is 0 Å². The quantitative estimate of drug-likeness (QED) is 0.715. The largest absolute Gasteiger partial charge is 0.397 e. The van der Waals surface area contributed by atoms with E-state index in [0.29, 0.717) is 0 Å². The van der Waals surface area contributed by atoms with Crippen LogP contribution in [-0.4, -0.2) is 4.98 Å². The average Bonchev–Trinajstić information content (AvgIpc) is 2.04. The molecule has 1 aromatic rings. The number of pyridine rings is 1. The molecule has 11 heavy (non-hydrogen) atoms. The Kier molecular flexibility index (Phi) is 2.90. The van der Waals surface area contributed by atoms with Gasteiger partial charge in [-0.25, -0.2) is 0 Å². The van der Waals surface area contributed by atoms with E-state index in [1.165, 1.54) is 12.8 Å². The second-order valence-electron chi connectivity index (χ2n) is 2.69. The van der Waals surface area contributed by atoms with Gasteiger partial charge in [0.15, 0.2) is 0 Å². The van der Waals surface area contributed by atoms with Crippen molar-refractivity contribution < 1.29 is 0 Å². The second-order valence-corrected chi connectivity index (χ2v) is 2.69. The normalized spacial score (nSPS) is 9.91. The molecule has 0 atom stereocenters. The van der Waals surface area contributed by atoms with Crippen LogP contribution in [0.4, 0.5) is 5.69 Å². The maximum atomic E-state index is 5.49. The van der Waals surface area contributed by atoms with E-state index in [1.807, 2.05) is 12.1 Å². The van der Waals surface area contributed by atoms with Crippen LogP contribution in [0.1, 0.15) is 25.5 Å². The first-order chi connectivity index (χ1) is 5.33. The highest BCUT2D eigenvalue weighted by molar-refractivity contribution is 5.34. The maximum absolute atomic E-state index is 5.49. The molecule has 0 amide bonds. The van der Waals surface area contributed by atoms with Crippen molar-refractivity contribution in [2.24, 2.45) is 0 Å². The lowest BCUT2D eigenvalue weighted by Crippen LogP contribution is -1.91. The lowest BCUT2D eigenvalue weighted by Gasteiger charge is -1.97. The molecule has 0 aliphatic carbocycles. The van der Waals surface area contributed by atoms with Crippen molar-refractivity contribution >= 4 is 5.69 Å². The summed E-state index contributed by atoms with van der Waals surface area (Å²) in [5, 5.41) is 0. The van der Waals surface area contributed by atoms with Gasteiger partial charge in [0.2, 0.25) is 0 Å². The third-order valence-electron chi connectivity index (χ3n) is 1.63. The first-order valence-electron chi connectivity index (χ1n) is 4.03. The molecule has 0 spiro atoms. The van der Waals surface area contributed by atoms with Gasteiger partial charge in [-0.05, 0) is 25.0 Å². The molecule has 0 aliphatic rings. The van der Waals surface area contributed by atoms with Gasteiger partial charge in [-0.15, -0.1) is 0 Å². The van der Waals surface area contributed by atoms with Crippen LogP contribution in [0.25, 0.3) is 0 Å². The first kappa shape index (κ1) is 8.05. The molecule has 60 valence electrons. The molecule has 0 unspecified atom stereocenters. The smallest absolute Gasteiger partial charge is 0.0501 e. The summed E-state index contributed by atoms with van der Waals surface area (Å²) in [5.74, 6) is 0. The van der Waals surface area contributed by atoms with Crippen molar-refractivity contribution in [3.8, 4) is 0 Å². The Morgan fingerprint density at radius 2 is 2.27 bits per heavy atom. The average molecular weight is 150 g/mol. The van der Waals surface area contributed by atoms with Crippen LogP contribution in [0.5, 0.6) is 0 Å². The number of hydrogen-bond acceptors (Lipinski definition) is 2. The minimum absolute atomic E-state index is 0.741. The van der Waals surface area contributed by atoms with Gasteiger partial charge in [0.25, 0.3) is 0 Å². The molecule has 0 radical (unpaired) electrons. The van der Waals surface area contributed by atoms with Crippen LogP contribution in [0, 0.1) is 0 Å². The molecule has 2 nitrogen and oxygen atoms in total. The zero-order valence-corrected chi connectivity index (χ0v) is 6.88. The van der Waals surface area contributed by atoms with E-state index < -0.39 is 0 Å². The van der Waals surface area contributed by atoms with Crippen LogP contribution in [0.3, 0.4) is 0 Å². The van der Waals surface area contributed by atoms with E-state index in [2.05, 4.69) is 11.9 Å². The summed E-state index contributed by atoms with van der Waals surface area (Å²) in [7, 11) is 0. The zero-order valence-electron chi connectivity index (χ0n) is 6.88. The SMILES string of the molecule is CCCCc1ccc(N)cn1. The molecule has 0 aromatic carbocycles. The standard InChI is InChI=1S/C9H14N2/c1-2-3-4-9-6-5-8(10)7-11-9/h5-7H,2-4,10H2,1H3. The molecular formula is C9H14N2. The number of nitrogens with zero attached hydrogens (tertiary/aromatic N) is 1. The fourth-order valence-corrected chi connectivity index (χ4v) is 0.942. The molecule has 1 rings (SSSR count). The number of aromatic nitrogens is 1. The number of aryl methyl sites for hydroxylation is 1. The van der Waals surface area contributed by atoms with Crippen LogP contribution < -0.4 is 5.73 Å². The van der Waals surface area contributed by atoms with E-state index in [4.69, 9.17) is 5.73 Å². The predicted molar refractivity (Wildman–Crippen MR) is 47.3 cm³/mol. The van der Waals surface area contributed by atoms with Crippen molar-refractivity contribution in [3.63, 3.8) is 0 Å². The predicted octanol–water partition coefficient (Wildman–Crippen LogP) is 2.01. The Morgan fingerprint density at radius 1 is 1.45 bits per heavy atom. The first-order valence-corrected chi connectivity index (χ1v) is 4.03. The highest BCUT2D eigenvalue weighted by Crippen LogP contribution is 2.04. The maximum Gasteiger partial charge on any atom is 0.0501 e. The van der Waals surface area contributed by atoms with Crippen LogP contribution >= 0.6 is 0 Å². The summed E-state index contributed by atoms with van der Waals surface area (Å²) >= 11 is 0. The summed E-state index contributed by atoms with van der Waals surface area (Å²) in [6, 6.07) is 3.89. The number of nitrogens with two attached hydrogens (primary N) is 1. The Balaban J connectivity index is 2.52. The van der Waals surface area contributed by atoms with E-state index in [9.17, 15) is 0 Å². The molecule has 0 aliphatic heterocycles. The fraction of sp³-hybridized carbons (Fsp3) is 0.444. The summed E-state index contributed by atoms with van der Waals surface area (Å²) in [6.07, 6.45) is 5.20. The van der Waals surface area contributed by atoms with Gasteiger partial charge in [0, 0.05) is 5.69 Å². The Bertz CT molecular complexity index is 203. The van der Waals surface area contributed by atoms with Crippen molar-refractivity contribution in [2.45, 2.75) is 26.2 Å². The third-order valence-corrected chi connectivity index (χ3v) is 1.63. The van der Waals surface area contributed by atoms with Crippen LogP contribution in [0.15, 0.2) is 18.3 Å². The highest BCUT2D eigenvalue weighted by atomic mass is 14.7. The lowest BCUT2D eigenvalue weighted by atomic mass is 10.2. The molecule has 1 heterocycles. The van der Waals surface area contributed by atoms with E-state index >= 15 is 0 Å². The second kappa shape index (κ2) is 3.96. The Hall–Kier alpha value is -1.05. The molecule has 0 bridgehead atoms. The van der Waals surface area contributed by atoms with Gasteiger partial charge in [0.05, 0.1) is 11.9 Å². The molecule has 0 fully saturated rings. The highest BCUT2D eigenvalue weighted by Gasteiger charge is 1.91. The number of hydrogen-bond donors (Lipinski definition) is 1. The number of nitrogen functional groups attached to an aromatic ring is 1. The van der Waals surface area contributed by atoms with Crippen molar-refractivity contribution in [3.05, 3.63) is 24.0 Å². The van der Waals surface area contributed by atoms with Crippen LogP contribution in [0.2, 0.25) is 0 Å². The van der Waals surface area contributed by atoms with E-state index in [-0.39, 0.29) is 0 Å². The van der Waals surface area contributed by atoms with Crippen molar-refractivity contribution in [2.75, 3.05) is 5.73 Å². The molecule has 2 N–H and O–H groups in total. The van der Waals surface area contributed by atoms with Crippen molar-refractivity contribution in [1.82, 2.24) is 4.98 Å². The van der Waals surface area contributed by atoms with Gasteiger partial charge in [0.1, 0.15) is 0 Å². The van der Waals surface area contributed by atoms with Crippen molar-refractivity contribution in [1.29, 1.82) is 0 Å². The Labute approximate surface area is 67.5 Å². The third kappa shape index (κ3) is 2.58. The van der Waals surface area contributed by atoms with E-state index in [1.54, 1.807) is 6.20 Å². The van der Waals surface area contributed by atoms with Gasteiger partial charge in [-0.3, -0.25) is 4.98 Å². The zero-order chi connectivity index (χ0) is 8.10. The summed E-state index contributed by atoms with van der Waals surface area (Å²) < 4.78 is 0. The Morgan fingerprint density at radius 3 is 2.82 bits per heavy atom. The van der Waals surface area contributed by atoms with Crippen LogP contribution in [-0.2, 0) is 6.42 Å². The number of rotatable bonds is 3. The molecular weight excluding hydrogens is 136 g/mol. The lowest BCUT2D eigenvalue weighted by molar-refractivity contribution is 0.777. The fourth-order valence-electron chi connectivity index (χ4n) is 0.942. The minimum Gasteiger partial charge on any atom is -0.397 e. The van der Waals surface area contributed by atoms with Gasteiger partial charge in [-0.1, -0.05) is 13.3 Å². The molecule has 0 saturated heterocycles. The summed E-state index contributed by atoms with van der Waals surface area (Å²) in [6.45, 7) is 2.18. The minimum atomic E-state index is 0.741. The summed E-state index contributed by atoms with van der Waals surface area (Å²) in [4.78, 5) is 4.19. The number of unbranched alkanes of at least 4 members (excludes halogenated alkanes) is 1. The molecule has 0 saturated carbocycles. The molecule has 2 heteroatoms. The van der Waals surface area contributed by atoms with Gasteiger partial charge >= 0.3 is 0 Å². The van der Waals surface area contributed by atoms with E-state index in [0.717, 1.165) is 17.8 Å². The summed E-state index contributed by atoms with van der Waals surface area (Å²) in [5.41, 5.74) is 7.37. The molecule has 1 aromatic heterocycles. The topological polar surface area (TPSA) is 38.9 Å². The number of anilines is 1. The monoisotopic (exact) mass is 150 g/mol.